The Labute approximate surface area is 160 Å². The smallest absolute Gasteiger partial charge is 0.247 e. The zero-order valence-electron chi connectivity index (χ0n) is 13.7. The van der Waals surface area contributed by atoms with E-state index in [1.165, 1.54) is 11.8 Å². The van der Waals surface area contributed by atoms with E-state index >= 15 is 0 Å². The molecule has 2 heterocycles. The number of para-hydroxylation sites is 1. The molecule has 4 rings (SSSR count). The molecule has 1 atom stereocenters. The van der Waals surface area contributed by atoms with Crippen LogP contribution in [0.15, 0.2) is 66.3 Å². The highest BCUT2D eigenvalue weighted by molar-refractivity contribution is 7.99. The van der Waals surface area contributed by atoms with Crippen molar-refractivity contribution in [3.63, 3.8) is 0 Å². The molecule has 130 valence electrons. The van der Waals surface area contributed by atoms with E-state index in [1.807, 2.05) is 48.5 Å². The van der Waals surface area contributed by atoms with Crippen LogP contribution in [0.1, 0.15) is 11.8 Å². The van der Waals surface area contributed by atoms with Crippen LogP contribution in [-0.2, 0) is 0 Å². The van der Waals surface area contributed by atoms with Gasteiger partial charge in [-0.25, -0.2) is 0 Å². The van der Waals surface area contributed by atoms with Gasteiger partial charge in [-0.15, -0.1) is 16.8 Å². The molecule has 1 aliphatic heterocycles. The third-order valence-electron chi connectivity index (χ3n) is 3.84. The number of nitrogens with one attached hydrogen (secondary N) is 1. The van der Waals surface area contributed by atoms with Crippen LogP contribution in [0, 0.1) is 0 Å². The standard InChI is InChI=1S/C19H15ClN4OS/c1-2-11-26-19-22-18-16(23-24-19)14-5-3-4-6-15(14)21-17(25-18)12-7-9-13(20)10-8-12/h2-10,17,21H,1,11H2/t17-/m0/s1. The predicted molar refractivity (Wildman–Crippen MR) is 105 cm³/mol. The number of hydrogen-bond donors (Lipinski definition) is 1. The molecule has 0 amide bonds. The maximum absolute atomic E-state index is 6.18. The molecule has 1 aromatic heterocycles. The third kappa shape index (κ3) is 3.38. The van der Waals surface area contributed by atoms with E-state index in [0.29, 0.717) is 27.5 Å². The Morgan fingerprint density at radius 1 is 1.15 bits per heavy atom. The van der Waals surface area contributed by atoms with Crippen molar-refractivity contribution >= 4 is 29.1 Å². The molecule has 2 aromatic carbocycles. The van der Waals surface area contributed by atoms with Crippen LogP contribution in [0.2, 0.25) is 5.02 Å². The number of rotatable bonds is 4. The quantitative estimate of drug-likeness (QED) is 0.507. The first-order valence-corrected chi connectivity index (χ1v) is 9.37. The van der Waals surface area contributed by atoms with E-state index in [1.54, 1.807) is 6.08 Å². The lowest BCUT2D eigenvalue weighted by molar-refractivity contribution is 0.225. The van der Waals surface area contributed by atoms with Gasteiger partial charge in [-0.3, -0.25) is 0 Å². The SMILES string of the molecule is C=CCSc1nnc2c(n1)O[C@@H](c1ccc(Cl)cc1)Nc1ccccc1-2. The van der Waals surface area contributed by atoms with E-state index in [0.717, 1.165) is 16.8 Å². The van der Waals surface area contributed by atoms with Crippen molar-refractivity contribution < 1.29 is 4.74 Å². The molecule has 0 radical (unpaired) electrons. The molecule has 0 saturated heterocycles. The Balaban J connectivity index is 1.79. The number of halogens is 1. The summed E-state index contributed by atoms with van der Waals surface area (Å²) < 4.78 is 6.18. The molecule has 0 bridgehead atoms. The van der Waals surface area contributed by atoms with Gasteiger partial charge < -0.3 is 10.1 Å². The third-order valence-corrected chi connectivity index (χ3v) is 4.92. The average Bonchev–Trinajstić information content (AvgIpc) is 2.83. The number of benzene rings is 2. The average molecular weight is 383 g/mol. The number of hydrogen-bond acceptors (Lipinski definition) is 6. The minimum absolute atomic E-state index is 0.413. The summed E-state index contributed by atoms with van der Waals surface area (Å²) in [4.78, 5) is 4.56. The van der Waals surface area contributed by atoms with Crippen molar-refractivity contribution in [3.05, 3.63) is 71.8 Å². The molecular formula is C19H15ClN4OS. The van der Waals surface area contributed by atoms with Crippen LogP contribution in [-0.4, -0.2) is 20.9 Å². The molecular weight excluding hydrogens is 368 g/mol. The van der Waals surface area contributed by atoms with Gasteiger partial charge in [-0.2, -0.15) is 4.98 Å². The first kappa shape index (κ1) is 16.9. The Hall–Kier alpha value is -2.57. The van der Waals surface area contributed by atoms with Gasteiger partial charge in [0.2, 0.25) is 11.0 Å². The summed E-state index contributed by atoms with van der Waals surface area (Å²) in [5.74, 6) is 1.15. The van der Waals surface area contributed by atoms with Crippen LogP contribution < -0.4 is 10.1 Å². The highest BCUT2D eigenvalue weighted by Gasteiger charge is 2.25. The number of anilines is 1. The highest BCUT2D eigenvalue weighted by atomic mass is 35.5. The van der Waals surface area contributed by atoms with E-state index in [4.69, 9.17) is 16.3 Å². The second-order valence-electron chi connectivity index (χ2n) is 5.59. The fourth-order valence-electron chi connectivity index (χ4n) is 2.63. The lowest BCUT2D eigenvalue weighted by Gasteiger charge is -2.19. The molecule has 5 nitrogen and oxygen atoms in total. The lowest BCUT2D eigenvalue weighted by atomic mass is 10.1. The number of fused-ring (bicyclic) bond motifs is 3. The van der Waals surface area contributed by atoms with Crippen molar-refractivity contribution in [1.82, 2.24) is 15.2 Å². The van der Waals surface area contributed by atoms with Crippen LogP contribution in [0.3, 0.4) is 0 Å². The van der Waals surface area contributed by atoms with Crippen molar-refractivity contribution in [2.45, 2.75) is 11.4 Å². The minimum Gasteiger partial charge on any atom is -0.448 e. The second kappa shape index (κ2) is 7.35. The van der Waals surface area contributed by atoms with Gasteiger partial charge >= 0.3 is 0 Å². The summed E-state index contributed by atoms with van der Waals surface area (Å²) in [6, 6.07) is 15.4. The first-order valence-electron chi connectivity index (χ1n) is 8.01. The number of ether oxygens (including phenoxy) is 1. The second-order valence-corrected chi connectivity index (χ2v) is 7.01. The lowest BCUT2D eigenvalue weighted by Crippen LogP contribution is -2.17. The number of aromatic nitrogens is 3. The molecule has 1 aliphatic rings. The summed E-state index contributed by atoms with van der Waals surface area (Å²) in [5.41, 5.74) is 3.37. The Bertz CT molecular complexity index is 949. The van der Waals surface area contributed by atoms with Gasteiger partial charge in [0, 0.05) is 27.6 Å². The van der Waals surface area contributed by atoms with Gasteiger partial charge in [-0.1, -0.05) is 59.8 Å². The normalized spacial score (nSPS) is 15.0. The number of nitrogens with zero attached hydrogens (tertiary/aromatic N) is 3. The maximum atomic E-state index is 6.18. The van der Waals surface area contributed by atoms with Crippen molar-refractivity contribution in [2.75, 3.05) is 11.1 Å². The summed E-state index contributed by atoms with van der Waals surface area (Å²) in [7, 11) is 0. The Morgan fingerprint density at radius 3 is 2.77 bits per heavy atom. The molecule has 0 aliphatic carbocycles. The number of thioether (sulfide) groups is 1. The molecule has 7 heteroatoms. The molecule has 0 fully saturated rings. The van der Waals surface area contributed by atoms with E-state index in [-0.39, 0.29) is 0 Å². The van der Waals surface area contributed by atoms with Crippen LogP contribution in [0.25, 0.3) is 11.3 Å². The minimum atomic E-state index is -0.413. The topological polar surface area (TPSA) is 59.9 Å². The van der Waals surface area contributed by atoms with Crippen LogP contribution in [0.5, 0.6) is 5.88 Å². The first-order chi connectivity index (χ1) is 12.7. The zero-order valence-corrected chi connectivity index (χ0v) is 15.3. The van der Waals surface area contributed by atoms with Crippen molar-refractivity contribution in [1.29, 1.82) is 0 Å². The summed E-state index contributed by atoms with van der Waals surface area (Å²) in [5, 5.41) is 13.2. The van der Waals surface area contributed by atoms with Crippen LogP contribution >= 0.6 is 23.4 Å². The molecule has 3 aromatic rings. The van der Waals surface area contributed by atoms with E-state index < -0.39 is 6.23 Å². The fourth-order valence-corrected chi connectivity index (χ4v) is 3.27. The monoisotopic (exact) mass is 382 g/mol. The van der Waals surface area contributed by atoms with Gasteiger partial charge in [-0.05, 0) is 18.2 Å². The molecule has 26 heavy (non-hydrogen) atoms. The van der Waals surface area contributed by atoms with Crippen molar-refractivity contribution in [3.8, 4) is 17.1 Å². The Kier molecular flexibility index (Phi) is 4.77. The largest absolute Gasteiger partial charge is 0.448 e. The van der Waals surface area contributed by atoms with Gasteiger partial charge in [0.25, 0.3) is 0 Å². The van der Waals surface area contributed by atoms with Crippen LogP contribution in [0.4, 0.5) is 5.69 Å². The molecule has 0 spiro atoms. The molecule has 0 unspecified atom stereocenters. The Morgan fingerprint density at radius 2 is 1.96 bits per heavy atom. The van der Waals surface area contributed by atoms with E-state index in [2.05, 4.69) is 27.1 Å². The predicted octanol–water partition coefficient (Wildman–Crippen LogP) is 4.97. The van der Waals surface area contributed by atoms with Gasteiger partial charge in [0.05, 0.1) is 0 Å². The van der Waals surface area contributed by atoms with Gasteiger partial charge in [0.1, 0.15) is 0 Å². The zero-order chi connectivity index (χ0) is 17.9. The molecule has 1 N–H and O–H groups in total. The fraction of sp³-hybridized carbons (Fsp3) is 0.105. The van der Waals surface area contributed by atoms with Crippen molar-refractivity contribution in [2.24, 2.45) is 0 Å². The highest BCUT2D eigenvalue weighted by Crippen LogP contribution is 2.39. The maximum Gasteiger partial charge on any atom is 0.247 e. The summed E-state index contributed by atoms with van der Waals surface area (Å²) >= 11 is 7.47. The summed E-state index contributed by atoms with van der Waals surface area (Å²) in [6.45, 7) is 3.72. The molecule has 0 saturated carbocycles. The van der Waals surface area contributed by atoms with Gasteiger partial charge in [0.15, 0.2) is 11.9 Å². The summed E-state index contributed by atoms with van der Waals surface area (Å²) in [6.07, 6.45) is 1.39. The van der Waals surface area contributed by atoms with E-state index in [9.17, 15) is 0 Å².